The number of nitrogens with zero attached hydrogens (tertiary/aromatic N) is 2. The zero-order valence-corrected chi connectivity index (χ0v) is 16.2. The van der Waals surface area contributed by atoms with Gasteiger partial charge in [0.1, 0.15) is 11.7 Å². The summed E-state index contributed by atoms with van der Waals surface area (Å²) in [5.74, 6) is -0.907. The summed E-state index contributed by atoms with van der Waals surface area (Å²) in [5, 5.41) is 11.8. The van der Waals surface area contributed by atoms with Gasteiger partial charge in [-0.1, -0.05) is 0 Å². The van der Waals surface area contributed by atoms with E-state index in [0.29, 0.717) is 34.7 Å². The predicted octanol–water partition coefficient (Wildman–Crippen LogP) is 1.68. The number of nitrogens with one attached hydrogen (secondary N) is 3. The molecule has 3 aromatic rings. The number of furan rings is 1. The number of fused-ring (bicyclic) bond motifs is 1. The van der Waals surface area contributed by atoms with E-state index in [-0.39, 0.29) is 30.5 Å². The molecular formula is C21H17N5O5. The number of carbonyl (C=O) groups is 4. The van der Waals surface area contributed by atoms with E-state index in [9.17, 15) is 19.2 Å². The highest BCUT2D eigenvalue weighted by atomic mass is 16.3. The SMILES string of the molecule is O=C1CCC(N2Cc3cc(NC(=O)c4cc(-c5ccco5)[nH]n4)ccc3C2=O)C(=O)N1. The number of anilines is 1. The first-order valence-corrected chi connectivity index (χ1v) is 9.68. The highest BCUT2D eigenvalue weighted by Crippen LogP contribution is 2.29. The largest absolute Gasteiger partial charge is 0.463 e. The molecule has 156 valence electrons. The van der Waals surface area contributed by atoms with Crippen molar-refractivity contribution in [2.24, 2.45) is 0 Å². The summed E-state index contributed by atoms with van der Waals surface area (Å²) < 4.78 is 5.28. The second-order valence-electron chi connectivity index (χ2n) is 7.37. The standard InChI is InChI=1S/C21H17N5O5/c27-18-6-5-16(20(29)23-18)26-10-11-8-12(3-4-13(11)21(26)30)22-19(28)15-9-14(24-25-15)17-2-1-7-31-17/h1-4,7-9,16H,5-6,10H2,(H,22,28)(H,24,25)(H,23,27,29). The second-order valence-corrected chi connectivity index (χ2v) is 7.37. The van der Waals surface area contributed by atoms with E-state index in [1.54, 1.807) is 36.4 Å². The number of H-pyrrole nitrogens is 1. The van der Waals surface area contributed by atoms with Crippen molar-refractivity contribution in [2.75, 3.05) is 5.32 Å². The molecule has 2 aromatic heterocycles. The van der Waals surface area contributed by atoms with Crippen molar-refractivity contribution in [1.82, 2.24) is 20.4 Å². The number of rotatable bonds is 4. The summed E-state index contributed by atoms with van der Waals surface area (Å²) in [6, 6.07) is 9.34. The lowest BCUT2D eigenvalue weighted by Gasteiger charge is -2.29. The van der Waals surface area contributed by atoms with E-state index in [0.717, 1.165) is 0 Å². The molecule has 0 saturated carbocycles. The van der Waals surface area contributed by atoms with Crippen LogP contribution in [-0.2, 0) is 16.1 Å². The number of aromatic nitrogens is 2. The summed E-state index contributed by atoms with van der Waals surface area (Å²) in [5.41, 5.74) is 2.44. The average molecular weight is 419 g/mol. The minimum Gasteiger partial charge on any atom is -0.463 e. The number of imide groups is 1. The van der Waals surface area contributed by atoms with E-state index >= 15 is 0 Å². The molecule has 10 nitrogen and oxygen atoms in total. The topological polar surface area (TPSA) is 137 Å². The fraction of sp³-hybridized carbons (Fsp3) is 0.190. The number of benzene rings is 1. The van der Waals surface area contributed by atoms with E-state index in [1.165, 1.54) is 11.2 Å². The summed E-state index contributed by atoms with van der Waals surface area (Å²) in [6.07, 6.45) is 2.02. The molecule has 2 aliphatic heterocycles. The number of hydrogen-bond donors (Lipinski definition) is 3. The van der Waals surface area contributed by atoms with E-state index in [2.05, 4.69) is 20.8 Å². The molecule has 1 saturated heterocycles. The van der Waals surface area contributed by atoms with Crippen molar-refractivity contribution in [3.63, 3.8) is 0 Å². The third kappa shape index (κ3) is 3.37. The zero-order valence-electron chi connectivity index (χ0n) is 16.2. The van der Waals surface area contributed by atoms with Crippen molar-refractivity contribution >= 4 is 29.3 Å². The summed E-state index contributed by atoms with van der Waals surface area (Å²) >= 11 is 0. The Labute approximate surface area is 175 Å². The van der Waals surface area contributed by atoms with E-state index < -0.39 is 17.9 Å². The smallest absolute Gasteiger partial charge is 0.276 e. The molecule has 3 N–H and O–H groups in total. The van der Waals surface area contributed by atoms with Gasteiger partial charge in [0.05, 0.1) is 6.26 Å². The van der Waals surface area contributed by atoms with Crippen LogP contribution in [0.1, 0.15) is 39.3 Å². The van der Waals surface area contributed by atoms with Gasteiger partial charge in [-0.25, -0.2) is 0 Å². The Morgan fingerprint density at radius 2 is 2.06 bits per heavy atom. The molecule has 1 atom stereocenters. The van der Waals surface area contributed by atoms with Crippen LogP contribution < -0.4 is 10.6 Å². The number of hydrogen-bond acceptors (Lipinski definition) is 6. The van der Waals surface area contributed by atoms with Gasteiger partial charge >= 0.3 is 0 Å². The molecule has 4 amide bonds. The van der Waals surface area contributed by atoms with Crippen LogP contribution in [0.3, 0.4) is 0 Å². The van der Waals surface area contributed by atoms with Crippen LogP contribution in [0.15, 0.2) is 47.1 Å². The Balaban J connectivity index is 1.31. The normalized spacial score (nSPS) is 18.1. The van der Waals surface area contributed by atoms with Crippen LogP contribution in [0.25, 0.3) is 11.5 Å². The quantitative estimate of drug-likeness (QED) is 0.550. The van der Waals surface area contributed by atoms with Gasteiger partial charge in [-0.15, -0.1) is 0 Å². The maximum Gasteiger partial charge on any atom is 0.276 e. The van der Waals surface area contributed by atoms with Gasteiger partial charge in [0.25, 0.3) is 11.8 Å². The van der Waals surface area contributed by atoms with Crippen molar-refractivity contribution in [2.45, 2.75) is 25.4 Å². The molecule has 1 fully saturated rings. The number of carbonyl (C=O) groups excluding carboxylic acids is 4. The third-order valence-corrected chi connectivity index (χ3v) is 5.38. The Hall–Kier alpha value is -4.21. The molecule has 4 heterocycles. The molecule has 1 unspecified atom stereocenters. The molecule has 1 aromatic carbocycles. The number of aromatic amines is 1. The van der Waals surface area contributed by atoms with E-state index in [4.69, 9.17) is 4.42 Å². The lowest BCUT2D eigenvalue weighted by Crippen LogP contribution is -2.52. The zero-order chi connectivity index (χ0) is 21.5. The first-order chi connectivity index (χ1) is 15.0. The molecule has 0 spiro atoms. The minimum atomic E-state index is -0.681. The van der Waals surface area contributed by atoms with E-state index in [1.807, 2.05) is 0 Å². The molecule has 0 radical (unpaired) electrons. The first-order valence-electron chi connectivity index (χ1n) is 9.68. The van der Waals surface area contributed by atoms with Gasteiger partial charge in [0.2, 0.25) is 11.8 Å². The maximum atomic E-state index is 12.7. The van der Waals surface area contributed by atoms with Gasteiger partial charge in [-0.3, -0.25) is 29.6 Å². The summed E-state index contributed by atoms with van der Waals surface area (Å²) in [4.78, 5) is 50.3. The summed E-state index contributed by atoms with van der Waals surface area (Å²) in [7, 11) is 0. The van der Waals surface area contributed by atoms with Crippen molar-refractivity contribution in [3.8, 4) is 11.5 Å². The van der Waals surface area contributed by atoms with Crippen LogP contribution in [0, 0.1) is 0 Å². The van der Waals surface area contributed by atoms with Crippen molar-refractivity contribution in [3.05, 3.63) is 59.5 Å². The predicted molar refractivity (Wildman–Crippen MR) is 107 cm³/mol. The Morgan fingerprint density at radius 1 is 1.19 bits per heavy atom. The van der Waals surface area contributed by atoms with Gasteiger partial charge in [-0.2, -0.15) is 5.10 Å². The molecule has 2 aliphatic rings. The monoisotopic (exact) mass is 419 g/mol. The van der Waals surface area contributed by atoms with Crippen molar-refractivity contribution in [1.29, 1.82) is 0 Å². The van der Waals surface area contributed by atoms with Gasteiger partial charge < -0.3 is 14.6 Å². The molecular weight excluding hydrogens is 402 g/mol. The fourth-order valence-electron chi connectivity index (χ4n) is 3.84. The Kier molecular flexibility index (Phi) is 4.39. The van der Waals surface area contributed by atoms with Crippen LogP contribution in [0.4, 0.5) is 5.69 Å². The molecule has 31 heavy (non-hydrogen) atoms. The molecule has 0 aliphatic carbocycles. The first kappa shape index (κ1) is 18.8. The van der Waals surface area contributed by atoms with Gasteiger partial charge in [-0.05, 0) is 42.3 Å². The van der Waals surface area contributed by atoms with Gasteiger partial charge in [0.15, 0.2) is 11.5 Å². The highest BCUT2D eigenvalue weighted by Gasteiger charge is 2.39. The maximum absolute atomic E-state index is 12.7. The van der Waals surface area contributed by atoms with Crippen molar-refractivity contribution < 1.29 is 23.6 Å². The molecule has 5 rings (SSSR count). The van der Waals surface area contributed by atoms with Gasteiger partial charge in [0, 0.05) is 30.3 Å². The van der Waals surface area contributed by atoms with Crippen LogP contribution >= 0.6 is 0 Å². The minimum absolute atomic E-state index is 0.188. The highest BCUT2D eigenvalue weighted by molar-refractivity contribution is 6.06. The summed E-state index contributed by atoms with van der Waals surface area (Å²) in [6.45, 7) is 0.231. The Morgan fingerprint density at radius 3 is 2.84 bits per heavy atom. The number of amides is 4. The lowest BCUT2D eigenvalue weighted by atomic mass is 10.0. The second kappa shape index (κ2) is 7.24. The fourth-order valence-corrected chi connectivity index (χ4v) is 3.84. The van der Waals surface area contributed by atoms with Crippen LogP contribution in [0.2, 0.25) is 0 Å². The lowest BCUT2D eigenvalue weighted by molar-refractivity contribution is -0.136. The van der Waals surface area contributed by atoms with Crippen LogP contribution in [-0.4, -0.2) is 44.8 Å². The average Bonchev–Trinajstić information content (AvgIpc) is 3.48. The number of piperidine rings is 1. The third-order valence-electron chi connectivity index (χ3n) is 5.38. The van der Waals surface area contributed by atoms with Crippen LogP contribution in [0.5, 0.6) is 0 Å². The Bertz CT molecular complexity index is 1210. The molecule has 0 bridgehead atoms. The molecule has 10 heteroatoms.